The van der Waals surface area contributed by atoms with Crippen molar-refractivity contribution >= 4 is 46.4 Å². The van der Waals surface area contributed by atoms with Crippen molar-refractivity contribution in [2.24, 2.45) is 0 Å². The fourth-order valence-electron chi connectivity index (χ4n) is 3.66. The van der Waals surface area contributed by atoms with Gasteiger partial charge in [0.25, 0.3) is 11.8 Å². The number of imide groups is 1. The number of anilines is 1. The predicted octanol–water partition coefficient (Wildman–Crippen LogP) is 6.65. The molecule has 3 aromatic rings. The lowest BCUT2D eigenvalue weighted by Gasteiger charge is -2.17. The summed E-state index contributed by atoms with van der Waals surface area (Å²) >= 11 is 7.32. The third-order valence-corrected chi connectivity index (χ3v) is 6.82. The Morgan fingerprint density at radius 2 is 1.45 bits per heavy atom. The number of aryl methyl sites for hydroxylation is 4. The van der Waals surface area contributed by atoms with Crippen molar-refractivity contribution in [3.8, 4) is 0 Å². The van der Waals surface area contributed by atoms with Crippen LogP contribution in [0, 0.1) is 27.7 Å². The van der Waals surface area contributed by atoms with E-state index >= 15 is 0 Å². The molecule has 0 spiro atoms. The van der Waals surface area contributed by atoms with Crippen molar-refractivity contribution in [1.82, 2.24) is 0 Å². The van der Waals surface area contributed by atoms with Gasteiger partial charge in [0.05, 0.1) is 16.2 Å². The number of rotatable bonds is 4. The van der Waals surface area contributed by atoms with Gasteiger partial charge in [0, 0.05) is 9.92 Å². The Hall–Kier alpha value is -2.82. The average molecular weight is 448 g/mol. The molecule has 0 unspecified atom stereocenters. The normalized spacial score (nSPS) is 14.0. The Balaban J connectivity index is 1.86. The lowest BCUT2D eigenvalue weighted by Crippen LogP contribution is -2.31. The maximum Gasteiger partial charge on any atom is 0.272 e. The minimum Gasteiger partial charge on any atom is -0.268 e. The predicted molar refractivity (Wildman–Crippen MR) is 129 cm³/mol. The lowest BCUT2D eigenvalue weighted by molar-refractivity contribution is -0.119. The molecule has 3 aromatic carbocycles. The molecule has 5 heteroatoms. The van der Waals surface area contributed by atoms with Gasteiger partial charge >= 0.3 is 0 Å². The zero-order chi connectivity index (χ0) is 22.3. The maximum absolute atomic E-state index is 13.6. The molecule has 31 heavy (non-hydrogen) atoms. The first kappa shape index (κ1) is 21.4. The molecule has 0 N–H and O–H groups in total. The van der Waals surface area contributed by atoms with Crippen molar-refractivity contribution in [2.45, 2.75) is 32.6 Å². The summed E-state index contributed by atoms with van der Waals surface area (Å²) < 4.78 is 0. The molecule has 0 saturated heterocycles. The summed E-state index contributed by atoms with van der Waals surface area (Å²) in [5, 5.41) is 0.624. The molecule has 3 nitrogen and oxygen atoms in total. The number of hydrogen-bond acceptors (Lipinski definition) is 3. The van der Waals surface area contributed by atoms with Crippen LogP contribution in [0.25, 0.3) is 5.57 Å². The Labute approximate surface area is 191 Å². The van der Waals surface area contributed by atoms with E-state index in [-0.39, 0.29) is 11.8 Å². The van der Waals surface area contributed by atoms with E-state index in [1.54, 1.807) is 12.1 Å². The van der Waals surface area contributed by atoms with Gasteiger partial charge in [0.1, 0.15) is 0 Å². The molecule has 0 aromatic heterocycles. The Kier molecular flexibility index (Phi) is 5.78. The van der Waals surface area contributed by atoms with Crippen LogP contribution in [0.4, 0.5) is 5.69 Å². The molecule has 0 fully saturated rings. The quantitative estimate of drug-likeness (QED) is 0.420. The number of benzene rings is 3. The van der Waals surface area contributed by atoms with Gasteiger partial charge in [0.15, 0.2) is 0 Å². The summed E-state index contributed by atoms with van der Waals surface area (Å²) in [6.45, 7) is 7.97. The van der Waals surface area contributed by atoms with Gasteiger partial charge in [-0.25, -0.2) is 4.90 Å². The Morgan fingerprint density at radius 1 is 0.742 bits per heavy atom. The third-order valence-electron chi connectivity index (χ3n) is 5.47. The second kappa shape index (κ2) is 8.37. The number of thioether (sulfide) groups is 1. The zero-order valence-electron chi connectivity index (χ0n) is 17.8. The summed E-state index contributed by atoms with van der Waals surface area (Å²) in [4.78, 5) is 29.7. The second-order valence-corrected chi connectivity index (χ2v) is 9.31. The fraction of sp³-hybridized carbons (Fsp3) is 0.154. The molecular weight excluding hydrogens is 426 g/mol. The summed E-state index contributed by atoms with van der Waals surface area (Å²) in [6, 6.07) is 18.9. The van der Waals surface area contributed by atoms with Gasteiger partial charge < -0.3 is 0 Å². The molecule has 0 saturated carbocycles. The van der Waals surface area contributed by atoms with Crippen molar-refractivity contribution in [3.05, 3.63) is 98.4 Å². The van der Waals surface area contributed by atoms with Crippen molar-refractivity contribution in [1.29, 1.82) is 0 Å². The SMILES string of the molecule is Cc1ccc(C2=C(Sc3ccc(Cl)cc3)C(=O)N(c3ccc(C)c(C)c3)C2=O)c(C)c1. The largest absolute Gasteiger partial charge is 0.272 e. The number of halogens is 1. The van der Waals surface area contributed by atoms with Gasteiger partial charge in [-0.05, 0) is 86.3 Å². The number of carbonyl (C=O) groups is 2. The fourth-order valence-corrected chi connectivity index (χ4v) is 4.77. The maximum atomic E-state index is 13.6. The van der Waals surface area contributed by atoms with E-state index in [4.69, 9.17) is 11.6 Å². The number of amides is 2. The highest BCUT2D eigenvalue weighted by atomic mass is 35.5. The summed E-state index contributed by atoms with van der Waals surface area (Å²) in [6.07, 6.45) is 0. The molecule has 0 bridgehead atoms. The molecule has 2 amide bonds. The van der Waals surface area contributed by atoms with Crippen LogP contribution >= 0.6 is 23.4 Å². The van der Waals surface area contributed by atoms with Gasteiger partial charge in [0.2, 0.25) is 0 Å². The number of nitrogens with zero attached hydrogens (tertiary/aromatic N) is 1. The Bertz CT molecular complexity index is 1240. The molecule has 0 aliphatic carbocycles. The van der Waals surface area contributed by atoms with Gasteiger partial charge in [-0.2, -0.15) is 0 Å². The van der Waals surface area contributed by atoms with Crippen LogP contribution in [0.1, 0.15) is 27.8 Å². The van der Waals surface area contributed by atoms with E-state index in [2.05, 4.69) is 0 Å². The highest BCUT2D eigenvalue weighted by Crippen LogP contribution is 2.42. The van der Waals surface area contributed by atoms with Crippen LogP contribution in [-0.4, -0.2) is 11.8 Å². The van der Waals surface area contributed by atoms with E-state index in [1.807, 2.05) is 76.2 Å². The monoisotopic (exact) mass is 447 g/mol. The van der Waals surface area contributed by atoms with Crippen molar-refractivity contribution in [2.75, 3.05) is 4.90 Å². The highest BCUT2D eigenvalue weighted by Gasteiger charge is 2.41. The second-order valence-electron chi connectivity index (χ2n) is 7.79. The molecular formula is C26H22ClNO2S. The van der Waals surface area contributed by atoms with Gasteiger partial charge in [-0.3, -0.25) is 9.59 Å². The van der Waals surface area contributed by atoms with Crippen LogP contribution in [0.15, 0.2) is 70.5 Å². The van der Waals surface area contributed by atoms with Gasteiger partial charge in [-0.1, -0.05) is 53.2 Å². The molecule has 1 aliphatic rings. The third kappa shape index (κ3) is 4.06. The van der Waals surface area contributed by atoms with E-state index in [1.165, 1.54) is 16.7 Å². The Morgan fingerprint density at radius 3 is 2.10 bits per heavy atom. The first-order valence-corrected chi connectivity index (χ1v) is 11.2. The van der Waals surface area contributed by atoms with Crippen LogP contribution in [0.3, 0.4) is 0 Å². The van der Waals surface area contributed by atoms with Crippen LogP contribution in [-0.2, 0) is 9.59 Å². The topological polar surface area (TPSA) is 37.4 Å². The van der Waals surface area contributed by atoms with E-state index in [0.29, 0.717) is 21.2 Å². The minimum absolute atomic E-state index is 0.295. The van der Waals surface area contributed by atoms with Crippen LogP contribution in [0.2, 0.25) is 5.02 Å². The van der Waals surface area contributed by atoms with Crippen LogP contribution in [0.5, 0.6) is 0 Å². The smallest absolute Gasteiger partial charge is 0.268 e. The summed E-state index contributed by atoms with van der Waals surface area (Å²) in [7, 11) is 0. The van der Waals surface area contributed by atoms with Gasteiger partial charge in [-0.15, -0.1) is 0 Å². The summed E-state index contributed by atoms with van der Waals surface area (Å²) in [5.74, 6) is -0.597. The minimum atomic E-state index is -0.303. The van der Waals surface area contributed by atoms with E-state index in [9.17, 15) is 9.59 Å². The molecule has 4 rings (SSSR count). The first-order valence-electron chi connectivity index (χ1n) is 9.97. The number of hydrogen-bond donors (Lipinski definition) is 0. The number of carbonyl (C=O) groups excluding carboxylic acids is 2. The van der Waals surface area contributed by atoms with E-state index < -0.39 is 0 Å². The zero-order valence-corrected chi connectivity index (χ0v) is 19.4. The standard InChI is InChI=1S/C26H22ClNO2S/c1-15-5-12-22(18(4)13-15)23-24(31-21-10-7-19(27)8-11-21)26(30)28(25(23)29)20-9-6-16(2)17(3)14-20/h5-14H,1-4H3. The molecule has 0 atom stereocenters. The lowest BCUT2D eigenvalue weighted by atomic mass is 9.98. The average Bonchev–Trinajstić information content (AvgIpc) is 2.96. The van der Waals surface area contributed by atoms with E-state index in [0.717, 1.165) is 32.7 Å². The molecule has 1 heterocycles. The highest BCUT2D eigenvalue weighted by molar-refractivity contribution is 8.04. The molecule has 1 aliphatic heterocycles. The van der Waals surface area contributed by atoms with Crippen molar-refractivity contribution < 1.29 is 9.59 Å². The first-order chi connectivity index (χ1) is 14.8. The summed E-state index contributed by atoms with van der Waals surface area (Å²) in [5.41, 5.74) is 6.04. The van der Waals surface area contributed by atoms with Crippen molar-refractivity contribution in [3.63, 3.8) is 0 Å². The van der Waals surface area contributed by atoms with Crippen LogP contribution < -0.4 is 4.90 Å². The molecule has 0 radical (unpaired) electrons. The molecule has 156 valence electrons.